The van der Waals surface area contributed by atoms with Crippen LogP contribution in [0, 0.1) is 18.8 Å². The standard InChI is InChI=1S/C25H25N3.C7H15NO/c1-4-6-19-9-11-23(22-7-5-12-26-25(19)22)27-14-18(3)28-15-20-13-17(2)8-10-21(20)24(28)16-27;1-2-3-8-4-6-9-7-5-8/h5,7-13,18,24H,14-16H2,1-3H3;2-7H2,1H3. The SMILES string of the molecule is CC#Cc1ccc(N2CC(C)N3Cc4cc(C)ccc4C3C2)c2cccnc12.CCCN1CCOCC1. The smallest absolute Gasteiger partial charge is 0.0879 e. The van der Waals surface area contributed by atoms with Crippen LogP contribution in [0.15, 0.2) is 48.7 Å². The van der Waals surface area contributed by atoms with Crippen molar-refractivity contribution in [2.24, 2.45) is 0 Å². The van der Waals surface area contributed by atoms with E-state index in [0.717, 1.165) is 57.0 Å². The summed E-state index contributed by atoms with van der Waals surface area (Å²) in [6, 6.07) is 16.5. The fourth-order valence-corrected chi connectivity index (χ4v) is 6.06. The molecule has 6 rings (SSSR count). The lowest BCUT2D eigenvalue weighted by molar-refractivity contribution is 0.0380. The summed E-state index contributed by atoms with van der Waals surface area (Å²) in [5, 5.41) is 1.20. The number of aromatic nitrogens is 1. The number of anilines is 1. The summed E-state index contributed by atoms with van der Waals surface area (Å²) in [5.74, 6) is 6.22. The first-order chi connectivity index (χ1) is 18.1. The van der Waals surface area contributed by atoms with Gasteiger partial charge in [0.1, 0.15) is 0 Å². The van der Waals surface area contributed by atoms with Crippen molar-refractivity contribution in [1.29, 1.82) is 0 Å². The summed E-state index contributed by atoms with van der Waals surface area (Å²) >= 11 is 0. The van der Waals surface area contributed by atoms with E-state index < -0.39 is 0 Å². The van der Waals surface area contributed by atoms with E-state index >= 15 is 0 Å². The zero-order valence-corrected chi connectivity index (χ0v) is 22.8. The zero-order chi connectivity index (χ0) is 25.8. The molecular weight excluding hydrogens is 456 g/mol. The van der Waals surface area contributed by atoms with Gasteiger partial charge in [-0.3, -0.25) is 14.8 Å². The molecule has 2 saturated heterocycles. The van der Waals surface area contributed by atoms with Crippen LogP contribution < -0.4 is 4.90 Å². The van der Waals surface area contributed by atoms with Crippen molar-refractivity contribution in [2.45, 2.75) is 52.7 Å². The monoisotopic (exact) mass is 496 g/mol. The minimum Gasteiger partial charge on any atom is -0.379 e. The Morgan fingerprint density at radius 1 is 1.08 bits per heavy atom. The van der Waals surface area contributed by atoms with E-state index in [-0.39, 0.29) is 0 Å². The molecule has 3 aromatic rings. The Bertz CT molecular complexity index is 1280. The van der Waals surface area contributed by atoms with Gasteiger partial charge in [0.2, 0.25) is 0 Å². The highest BCUT2D eigenvalue weighted by molar-refractivity contribution is 5.95. The van der Waals surface area contributed by atoms with Gasteiger partial charge in [0.15, 0.2) is 0 Å². The van der Waals surface area contributed by atoms with Crippen LogP contribution in [0.3, 0.4) is 0 Å². The van der Waals surface area contributed by atoms with Crippen molar-refractivity contribution in [3.63, 3.8) is 0 Å². The lowest BCUT2D eigenvalue weighted by Gasteiger charge is -2.44. The number of ether oxygens (including phenoxy) is 1. The van der Waals surface area contributed by atoms with Crippen molar-refractivity contribution in [1.82, 2.24) is 14.8 Å². The molecule has 5 nitrogen and oxygen atoms in total. The molecule has 2 fully saturated rings. The molecule has 194 valence electrons. The number of piperazine rings is 1. The third-order valence-corrected chi connectivity index (χ3v) is 7.85. The fraction of sp³-hybridized carbons (Fsp3) is 0.469. The van der Waals surface area contributed by atoms with Crippen molar-refractivity contribution in [3.05, 3.63) is 70.9 Å². The number of hydrogen-bond acceptors (Lipinski definition) is 5. The second-order valence-corrected chi connectivity index (χ2v) is 10.5. The Morgan fingerprint density at radius 3 is 2.70 bits per heavy atom. The molecular formula is C32H40N4O. The molecule has 5 heteroatoms. The quantitative estimate of drug-likeness (QED) is 0.453. The van der Waals surface area contributed by atoms with E-state index in [1.165, 1.54) is 40.7 Å². The van der Waals surface area contributed by atoms with E-state index in [2.05, 4.69) is 88.7 Å². The zero-order valence-electron chi connectivity index (χ0n) is 22.8. The first-order valence-electron chi connectivity index (χ1n) is 13.8. The largest absolute Gasteiger partial charge is 0.379 e. The molecule has 4 heterocycles. The van der Waals surface area contributed by atoms with Gasteiger partial charge in [0.25, 0.3) is 0 Å². The van der Waals surface area contributed by atoms with Crippen LogP contribution in [0.5, 0.6) is 0 Å². The highest BCUT2D eigenvalue weighted by atomic mass is 16.5. The van der Waals surface area contributed by atoms with E-state index in [9.17, 15) is 0 Å². The van der Waals surface area contributed by atoms with E-state index in [1.54, 1.807) is 0 Å². The molecule has 2 aromatic carbocycles. The first-order valence-corrected chi connectivity index (χ1v) is 13.8. The lowest BCUT2D eigenvalue weighted by atomic mass is 9.99. The molecule has 0 spiro atoms. The van der Waals surface area contributed by atoms with Gasteiger partial charge in [-0.1, -0.05) is 36.6 Å². The number of morpholine rings is 1. The Labute approximate surface area is 222 Å². The molecule has 3 aliphatic heterocycles. The second kappa shape index (κ2) is 11.6. The van der Waals surface area contributed by atoms with Gasteiger partial charge >= 0.3 is 0 Å². The van der Waals surface area contributed by atoms with E-state index in [0.29, 0.717) is 12.1 Å². The van der Waals surface area contributed by atoms with Crippen LogP contribution in [-0.4, -0.2) is 66.8 Å². The summed E-state index contributed by atoms with van der Waals surface area (Å²) in [6.07, 6.45) is 3.13. The van der Waals surface area contributed by atoms with Gasteiger partial charge in [0, 0.05) is 56.0 Å². The molecule has 0 aliphatic carbocycles. The number of fused-ring (bicyclic) bond motifs is 4. The van der Waals surface area contributed by atoms with Crippen LogP contribution in [0.2, 0.25) is 0 Å². The number of hydrogen-bond donors (Lipinski definition) is 0. The average Bonchev–Trinajstić information content (AvgIpc) is 3.28. The normalized spacial score (nSPS) is 21.5. The topological polar surface area (TPSA) is 31.8 Å². The van der Waals surface area contributed by atoms with Crippen LogP contribution in [0.1, 0.15) is 55.5 Å². The van der Waals surface area contributed by atoms with Gasteiger partial charge in [0.05, 0.1) is 30.3 Å². The minimum atomic E-state index is 0.459. The third kappa shape index (κ3) is 5.52. The van der Waals surface area contributed by atoms with E-state index in [4.69, 9.17) is 4.74 Å². The van der Waals surface area contributed by atoms with Gasteiger partial charge in [-0.2, -0.15) is 0 Å². The molecule has 2 unspecified atom stereocenters. The second-order valence-electron chi connectivity index (χ2n) is 10.5. The number of benzene rings is 2. The maximum atomic E-state index is 5.20. The Kier molecular flexibility index (Phi) is 8.10. The van der Waals surface area contributed by atoms with Crippen LogP contribution in [0.25, 0.3) is 10.9 Å². The van der Waals surface area contributed by atoms with Crippen molar-refractivity contribution >= 4 is 16.6 Å². The van der Waals surface area contributed by atoms with Crippen molar-refractivity contribution < 1.29 is 4.74 Å². The summed E-state index contributed by atoms with van der Waals surface area (Å²) in [5.41, 5.74) is 7.64. The fourth-order valence-electron chi connectivity index (χ4n) is 6.06. The predicted molar refractivity (Wildman–Crippen MR) is 153 cm³/mol. The van der Waals surface area contributed by atoms with Crippen LogP contribution in [0.4, 0.5) is 5.69 Å². The lowest BCUT2D eigenvalue weighted by Crippen LogP contribution is -2.51. The summed E-state index contributed by atoms with van der Waals surface area (Å²) in [4.78, 5) is 12.3. The number of rotatable bonds is 3. The summed E-state index contributed by atoms with van der Waals surface area (Å²) < 4.78 is 5.20. The molecule has 0 bridgehead atoms. The average molecular weight is 497 g/mol. The van der Waals surface area contributed by atoms with Crippen LogP contribution in [-0.2, 0) is 11.3 Å². The van der Waals surface area contributed by atoms with E-state index in [1.807, 2.05) is 19.2 Å². The number of pyridine rings is 1. The highest BCUT2D eigenvalue weighted by Gasteiger charge is 2.39. The Balaban J connectivity index is 0.000000265. The van der Waals surface area contributed by atoms with Crippen LogP contribution >= 0.6 is 0 Å². The predicted octanol–water partition coefficient (Wildman–Crippen LogP) is 5.41. The summed E-state index contributed by atoms with van der Waals surface area (Å²) in [6.45, 7) is 17.1. The summed E-state index contributed by atoms with van der Waals surface area (Å²) in [7, 11) is 0. The van der Waals surface area contributed by atoms with Gasteiger partial charge < -0.3 is 9.64 Å². The molecule has 0 saturated carbocycles. The maximum Gasteiger partial charge on any atom is 0.0879 e. The molecule has 2 atom stereocenters. The molecule has 0 N–H and O–H groups in total. The highest BCUT2D eigenvalue weighted by Crippen LogP contribution is 2.41. The molecule has 37 heavy (non-hydrogen) atoms. The first kappa shape index (κ1) is 25.7. The number of aryl methyl sites for hydroxylation is 1. The molecule has 1 aromatic heterocycles. The van der Waals surface area contributed by atoms with Gasteiger partial charge in [-0.05, 0) is 69.1 Å². The Morgan fingerprint density at radius 2 is 1.92 bits per heavy atom. The van der Waals surface area contributed by atoms with Crippen molar-refractivity contribution in [3.8, 4) is 11.8 Å². The molecule has 0 radical (unpaired) electrons. The molecule has 0 amide bonds. The molecule has 3 aliphatic rings. The maximum absolute atomic E-state index is 5.20. The van der Waals surface area contributed by atoms with Gasteiger partial charge in [-0.15, -0.1) is 5.92 Å². The van der Waals surface area contributed by atoms with Gasteiger partial charge in [-0.25, -0.2) is 0 Å². The minimum absolute atomic E-state index is 0.459. The Hall–Kier alpha value is -2.91. The van der Waals surface area contributed by atoms with Crippen molar-refractivity contribution in [2.75, 3.05) is 50.8 Å². The number of nitrogens with zero attached hydrogens (tertiary/aromatic N) is 4. The third-order valence-electron chi connectivity index (χ3n) is 7.85.